The molecule has 1 heterocycles. The Hall–Kier alpha value is -0.0151. The first-order chi connectivity index (χ1) is 8.86. The Morgan fingerprint density at radius 1 is 0.789 bits per heavy atom. The molecule has 108 valence electrons. The van der Waals surface area contributed by atoms with Gasteiger partial charge in [0.2, 0.25) is 0 Å². The predicted molar refractivity (Wildman–Crippen MR) is 79.2 cm³/mol. The van der Waals surface area contributed by atoms with Gasteiger partial charge < -0.3 is 9.31 Å². The van der Waals surface area contributed by atoms with Crippen molar-refractivity contribution in [2.45, 2.75) is 96.1 Å². The topological polar surface area (TPSA) is 18.5 Å². The van der Waals surface area contributed by atoms with Gasteiger partial charge in [0.25, 0.3) is 0 Å². The van der Waals surface area contributed by atoms with Gasteiger partial charge >= 0.3 is 7.12 Å². The highest BCUT2D eigenvalue weighted by Crippen LogP contribution is 2.67. The van der Waals surface area contributed by atoms with Crippen LogP contribution in [0.1, 0.15) is 79.1 Å². The summed E-state index contributed by atoms with van der Waals surface area (Å²) in [7, 11) is 0.0458. The molecule has 19 heavy (non-hydrogen) atoms. The molecule has 2 nitrogen and oxygen atoms in total. The van der Waals surface area contributed by atoms with Crippen molar-refractivity contribution in [3.05, 3.63) is 0 Å². The van der Waals surface area contributed by atoms with E-state index in [1.807, 2.05) is 0 Å². The first-order valence-corrected chi connectivity index (χ1v) is 8.22. The van der Waals surface area contributed by atoms with Gasteiger partial charge in [0.1, 0.15) is 0 Å². The largest absolute Gasteiger partial charge is 0.461 e. The van der Waals surface area contributed by atoms with Crippen LogP contribution in [-0.4, -0.2) is 18.3 Å². The van der Waals surface area contributed by atoms with Gasteiger partial charge in [0, 0.05) is 5.82 Å². The van der Waals surface area contributed by atoms with E-state index < -0.39 is 0 Å². The summed E-state index contributed by atoms with van der Waals surface area (Å²) in [5.74, 6) is 0.659. The van der Waals surface area contributed by atoms with Crippen LogP contribution in [0.2, 0.25) is 5.82 Å². The van der Waals surface area contributed by atoms with Gasteiger partial charge in [-0.05, 0) is 52.4 Å². The maximum Gasteiger partial charge on any atom is 0.461 e. The third kappa shape index (κ3) is 2.38. The van der Waals surface area contributed by atoms with Crippen LogP contribution in [0.4, 0.5) is 0 Å². The molecule has 0 aromatic rings. The molecule has 2 saturated carbocycles. The highest BCUT2D eigenvalue weighted by atomic mass is 16.7. The van der Waals surface area contributed by atoms with E-state index in [0.717, 1.165) is 0 Å². The Morgan fingerprint density at radius 3 is 1.79 bits per heavy atom. The Morgan fingerprint density at radius 2 is 1.26 bits per heavy atom. The Kier molecular flexibility index (Phi) is 3.30. The van der Waals surface area contributed by atoms with Crippen LogP contribution < -0.4 is 0 Å². The van der Waals surface area contributed by atoms with Crippen LogP contribution in [0.5, 0.6) is 0 Å². The lowest BCUT2D eigenvalue weighted by molar-refractivity contribution is 0.00578. The maximum absolute atomic E-state index is 6.27. The summed E-state index contributed by atoms with van der Waals surface area (Å²) < 4.78 is 12.5. The molecule has 0 aromatic heterocycles. The van der Waals surface area contributed by atoms with Gasteiger partial charge in [-0.15, -0.1) is 0 Å². The minimum atomic E-state index is -0.164. The molecule has 3 fully saturated rings. The quantitative estimate of drug-likeness (QED) is 0.645. The lowest BCUT2D eigenvalue weighted by atomic mass is 9.73. The van der Waals surface area contributed by atoms with E-state index in [9.17, 15) is 0 Å². The second-order valence-corrected chi connectivity index (χ2v) is 8.07. The summed E-state index contributed by atoms with van der Waals surface area (Å²) in [5.41, 5.74) is 0.244. The van der Waals surface area contributed by atoms with Crippen molar-refractivity contribution in [2.75, 3.05) is 0 Å². The lowest BCUT2D eigenvalue weighted by Gasteiger charge is -2.32. The zero-order valence-electron chi connectivity index (χ0n) is 13.1. The van der Waals surface area contributed by atoms with E-state index in [1.54, 1.807) is 0 Å². The van der Waals surface area contributed by atoms with E-state index in [4.69, 9.17) is 9.31 Å². The van der Waals surface area contributed by atoms with Crippen molar-refractivity contribution in [3.8, 4) is 0 Å². The summed E-state index contributed by atoms with van der Waals surface area (Å²) in [5, 5.41) is 0. The smallest absolute Gasteiger partial charge is 0.403 e. The number of rotatable bonds is 1. The van der Waals surface area contributed by atoms with Crippen LogP contribution in [0, 0.1) is 5.41 Å². The predicted octanol–water partition coefficient (Wildman–Crippen LogP) is 4.58. The normalized spacial score (nSPS) is 36.0. The van der Waals surface area contributed by atoms with E-state index in [-0.39, 0.29) is 18.3 Å². The van der Waals surface area contributed by atoms with Crippen molar-refractivity contribution in [1.82, 2.24) is 0 Å². The lowest BCUT2D eigenvalue weighted by Crippen LogP contribution is -2.41. The molecule has 1 saturated heterocycles. The third-order valence-electron chi connectivity index (χ3n) is 6.20. The fraction of sp³-hybridized carbons (Fsp3) is 1.00. The molecular formula is C16H29BO2. The van der Waals surface area contributed by atoms with Gasteiger partial charge in [0.05, 0.1) is 11.2 Å². The Bertz CT molecular complexity index is 327. The minimum absolute atomic E-state index is 0.0458. The molecule has 2 aliphatic carbocycles. The zero-order valence-corrected chi connectivity index (χ0v) is 13.1. The SMILES string of the molecule is CC1(C)OB(C2CC23CCCCCCC3)OC1(C)C. The summed E-state index contributed by atoms with van der Waals surface area (Å²) in [6, 6.07) is 0. The summed E-state index contributed by atoms with van der Waals surface area (Å²) >= 11 is 0. The third-order valence-corrected chi connectivity index (χ3v) is 6.20. The van der Waals surface area contributed by atoms with Gasteiger partial charge in [-0.3, -0.25) is 0 Å². The van der Waals surface area contributed by atoms with Gasteiger partial charge in [-0.2, -0.15) is 0 Å². The Balaban J connectivity index is 1.66. The molecule has 0 bridgehead atoms. The molecule has 0 radical (unpaired) electrons. The number of hydrogen-bond donors (Lipinski definition) is 0. The molecule has 1 spiro atoms. The molecule has 0 amide bonds. The van der Waals surface area contributed by atoms with E-state index in [0.29, 0.717) is 11.2 Å². The molecule has 0 aromatic carbocycles. The summed E-state index contributed by atoms with van der Waals surface area (Å²) in [6.07, 6.45) is 11.3. The molecule has 1 atom stereocenters. The first kappa shape index (κ1) is 13.9. The monoisotopic (exact) mass is 264 g/mol. The summed E-state index contributed by atoms with van der Waals surface area (Å²) in [4.78, 5) is 0. The van der Waals surface area contributed by atoms with Crippen LogP contribution in [0.3, 0.4) is 0 Å². The Labute approximate surface area is 118 Å². The molecule has 1 unspecified atom stereocenters. The van der Waals surface area contributed by atoms with Crippen molar-refractivity contribution in [2.24, 2.45) is 5.41 Å². The minimum Gasteiger partial charge on any atom is -0.403 e. The highest BCUT2D eigenvalue weighted by Gasteiger charge is 2.65. The zero-order chi connectivity index (χ0) is 13.7. The van der Waals surface area contributed by atoms with Crippen molar-refractivity contribution < 1.29 is 9.31 Å². The van der Waals surface area contributed by atoms with Crippen LogP contribution in [-0.2, 0) is 9.31 Å². The van der Waals surface area contributed by atoms with Crippen LogP contribution >= 0.6 is 0 Å². The van der Waals surface area contributed by atoms with Gasteiger partial charge in [-0.1, -0.05) is 32.1 Å². The maximum atomic E-state index is 6.27. The molecular weight excluding hydrogens is 235 g/mol. The first-order valence-electron chi connectivity index (χ1n) is 8.22. The van der Waals surface area contributed by atoms with Crippen molar-refractivity contribution in [1.29, 1.82) is 0 Å². The standard InChI is InChI=1S/C16H29BO2/c1-14(2)15(3,4)19-17(18-14)13-12-16(13)10-8-6-5-7-9-11-16/h13H,5-12H2,1-4H3. The second-order valence-electron chi connectivity index (χ2n) is 8.07. The van der Waals surface area contributed by atoms with Crippen molar-refractivity contribution in [3.63, 3.8) is 0 Å². The summed E-state index contributed by atoms with van der Waals surface area (Å²) in [6.45, 7) is 8.67. The fourth-order valence-electron chi connectivity index (χ4n) is 4.00. The van der Waals surface area contributed by atoms with Crippen LogP contribution in [0.15, 0.2) is 0 Å². The average Bonchev–Trinajstić information content (AvgIpc) is 2.92. The van der Waals surface area contributed by atoms with Crippen LogP contribution in [0.25, 0.3) is 0 Å². The molecule has 0 N–H and O–H groups in total. The molecule has 1 aliphatic heterocycles. The molecule has 3 rings (SSSR count). The second kappa shape index (κ2) is 4.49. The van der Waals surface area contributed by atoms with Gasteiger partial charge in [0.15, 0.2) is 0 Å². The van der Waals surface area contributed by atoms with E-state index in [1.165, 1.54) is 51.4 Å². The van der Waals surface area contributed by atoms with E-state index >= 15 is 0 Å². The number of hydrogen-bond acceptors (Lipinski definition) is 2. The van der Waals surface area contributed by atoms with E-state index in [2.05, 4.69) is 27.7 Å². The average molecular weight is 264 g/mol. The fourth-order valence-corrected chi connectivity index (χ4v) is 4.00. The molecule has 3 aliphatic rings. The van der Waals surface area contributed by atoms with Crippen molar-refractivity contribution >= 4 is 7.12 Å². The molecule has 3 heteroatoms. The van der Waals surface area contributed by atoms with Gasteiger partial charge in [-0.25, -0.2) is 0 Å². The highest BCUT2D eigenvalue weighted by molar-refractivity contribution is 6.49.